The molecule has 1 aromatic carbocycles. The normalized spacial score (nSPS) is 11.8. The first-order chi connectivity index (χ1) is 8.56. The van der Waals surface area contributed by atoms with Crippen molar-refractivity contribution in [3.8, 4) is 0 Å². The Hall–Kier alpha value is -0.670. The lowest BCUT2D eigenvalue weighted by Gasteiger charge is -2.29. The van der Waals surface area contributed by atoms with Crippen molar-refractivity contribution in [3.63, 3.8) is 0 Å². The molecule has 4 heteroatoms. The lowest BCUT2D eigenvalue weighted by atomic mass is 9.84. The van der Waals surface area contributed by atoms with Gasteiger partial charge in [-0.2, -0.15) is 0 Å². The van der Waals surface area contributed by atoms with E-state index in [0.29, 0.717) is 24.5 Å². The zero-order valence-corrected chi connectivity index (χ0v) is 11.7. The minimum atomic E-state index is -0.414. The van der Waals surface area contributed by atoms with E-state index in [4.69, 9.17) is 11.6 Å². The van der Waals surface area contributed by atoms with Gasteiger partial charge in [0.1, 0.15) is 11.6 Å². The summed E-state index contributed by atoms with van der Waals surface area (Å²) in [6.07, 6.45) is 1.93. The zero-order chi connectivity index (χ0) is 13.6. The minimum Gasteiger partial charge on any atom is -0.312 e. The monoisotopic (exact) mass is 275 g/mol. The third-order valence-corrected chi connectivity index (χ3v) is 4.17. The predicted molar refractivity (Wildman–Crippen MR) is 71.8 cm³/mol. The first kappa shape index (κ1) is 15.4. The number of benzene rings is 1. The Bertz CT molecular complexity index is 370. The highest BCUT2D eigenvalue weighted by Gasteiger charge is 2.24. The summed E-state index contributed by atoms with van der Waals surface area (Å²) in [6, 6.07) is 3.50. The van der Waals surface area contributed by atoms with Gasteiger partial charge in [0.25, 0.3) is 0 Å². The molecule has 1 aromatic rings. The second-order valence-electron chi connectivity index (χ2n) is 4.68. The van der Waals surface area contributed by atoms with Gasteiger partial charge < -0.3 is 5.32 Å². The van der Waals surface area contributed by atoms with E-state index < -0.39 is 5.82 Å². The highest BCUT2D eigenvalue weighted by atomic mass is 35.5. The summed E-state index contributed by atoms with van der Waals surface area (Å²) >= 11 is 5.99. The molecule has 0 atom stereocenters. The van der Waals surface area contributed by atoms with Crippen molar-refractivity contribution >= 4 is 11.6 Å². The lowest BCUT2D eigenvalue weighted by Crippen LogP contribution is -2.34. The summed E-state index contributed by atoms with van der Waals surface area (Å²) in [5.41, 5.74) is 0.386. The Labute approximate surface area is 113 Å². The van der Waals surface area contributed by atoms with Crippen LogP contribution in [-0.2, 0) is 6.54 Å². The van der Waals surface area contributed by atoms with Gasteiger partial charge in [-0.25, -0.2) is 8.78 Å². The highest BCUT2D eigenvalue weighted by Crippen LogP contribution is 2.27. The number of rotatable bonds is 7. The van der Waals surface area contributed by atoms with Crippen LogP contribution < -0.4 is 5.32 Å². The summed E-state index contributed by atoms with van der Waals surface area (Å²) in [5.74, 6) is -0.227. The molecule has 0 aliphatic rings. The number of halogens is 3. The summed E-state index contributed by atoms with van der Waals surface area (Å²) < 4.78 is 26.4. The van der Waals surface area contributed by atoms with Crippen LogP contribution >= 0.6 is 11.6 Å². The minimum absolute atomic E-state index is 0.0331. The van der Waals surface area contributed by atoms with Crippen LogP contribution in [0.3, 0.4) is 0 Å². The molecule has 0 radical (unpaired) electrons. The van der Waals surface area contributed by atoms with Gasteiger partial charge in [-0.1, -0.05) is 13.8 Å². The fourth-order valence-electron chi connectivity index (χ4n) is 1.88. The topological polar surface area (TPSA) is 12.0 Å². The average molecular weight is 276 g/mol. The van der Waals surface area contributed by atoms with E-state index in [9.17, 15) is 8.78 Å². The molecule has 0 saturated heterocycles. The number of nitrogens with one attached hydrogen (secondary N) is 1. The summed E-state index contributed by atoms with van der Waals surface area (Å²) in [6.45, 7) is 5.22. The molecule has 102 valence electrons. The van der Waals surface area contributed by atoms with E-state index in [1.165, 1.54) is 6.07 Å². The molecule has 0 bridgehead atoms. The van der Waals surface area contributed by atoms with Gasteiger partial charge >= 0.3 is 0 Å². The Kier molecular flexibility index (Phi) is 6.03. The molecule has 1 nitrogen and oxygen atoms in total. The molecule has 18 heavy (non-hydrogen) atoms. The molecule has 0 aromatic heterocycles. The van der Waals surface area contributed by atoms with Crippen molar-refractivity contribution in [1.82, 2.24) is 5.32 Å². The van der Waals surface area contributed by atoms with E-state index in [0.717, 1.165) is 25.0 Å². The molecule has 0 heterocycles. The van der Waals surface area contributed by atoms with Gasteiger partial charge in [-0.3, -0.25) is 0 Å². The number of alkyl halides is 1. The fourth-order valence-corrected chi connectivity index (χ4v) is 2.35. The molecule has 0 aliphatic carbocycles. The molecule has 0 fully saturated rings. The van der Waals surface area contributed by atoms with Gasteiger partial charge in [-0.15, -0.1) is 11.6 Å². The first-order valence-corrected chi connectivity index (χ1v) is 6.81. The van der Waals surface area contributed by atoms with Crippen molar-refractivity contribution in [2.75, 3.05) is 12.4 Å². The maximum absolute atomic E-state index is 13.4. The molecular formula is C14H20ClF2N. The Balaban J connectivity index is 2.57. The standard InChI is InChI=1S/C14H20ClF2N/c1-3-14(4-2,9-15)10-18-8-11-7-12(16)5-6-13(11)17/h5-7,18H,3-4,8-10H2,1-2H3. The van der Waals surface area contributed by atoms with Gasteiger partial charge in [0.2, 0.25) is 0 Å². The summed E-state index contributed by atoms with van der Waals surface area (Å²) in [7, 11) is 0. The van der Waals surface area contributed by atoms with Gasteiger partial charge in [0.15, 0.2) is 0 Å². The molecule has 0 spiro atoms. The van der Waals surface area contributed by atoms with Crippen LogP contribution in [-0.4, -0.2) is 12.4 Å². The van der Waals surface area contributed by atoms with E-state index in [-0.39, 0.29) is 11.2 Å². The van der Waals surface area contributed by atoms with Crippen LogP contribution in [0.1, 0.15) is 32.3 Å². The van der Waals surface area contributed by atoms with Crippen molar-refractivity contribution in [3.05, 3.63) is 35.4 Å². The second kappa shape index (κ2) is 7.05. The molecule has 0 unspecified atom stereocenters. The predicted octanol–water partition coefficient (Wildman–Crippen LogP) is 4.10. The van der Waals surface area contributed by atoms with E-state index >= 15 is 0 Å². The Morgan fingerprint density at radius 1 is 1.22 bits per heavy atom. The lowest BCUT2D eigenvalue weighted by molar-refractivity contribution is 0.285. The SMILES string of the molecule is CCC(CC)(CCl)CNCc1cc(F)ccc1F. The summed E-state index contributed by atoms with van der Waals surface area (Å²) in [5, 5.41) is 3.17. The highest BCUT2D eigenvalue weighted by molar-refractivity contribution is 6.18. The molecule has 1 rings (SSSR count). The van der Waals surface area contributed by atoms with Gasteiger partial charge in [0, 0.05) is 24.5 Å². The van der Waals surface area contributed by atoms with Crippen molar-refractivity contribution in [2.45, 2.75) is 33.2 Å². The first-order valence-electron chi connectivity index (χ1n) is 6.27. The molecule has 1 N–H and O–H groups in total. The smallest absolute Gasteiger partial charge is 0.127 e. The van der Waals surface area contributed by atoms with Gasteiger partial charge in [0.05, 0.1) is 0 Å². The Morgan fingerprint density at radius 3 is 2.44 bits per heavy atom. The van der Waals surface area contributed by atoms with Crippen molar-refractivity contribution in [1.29, 1.82) is 0 Å². The fraction of sp³-hybridized carbons (Fsp3) is 0.571. The van der Waals surface area contributed by atoms with Gasteiger partial charge in [-0.05, 0) is 36.5 Å². The quantitative estimate of drug-likeness (QED) is 0.739. The molecule has 0 saturated carbocycles. The molecule has 0 amide bonds. The van der Waals surface area contributed by atoms with Crippen LogP contribution in [0.5, 0.6) is 0 Å². The maximum atomic E-state index is 13.4. The van der Waals surface area contributed by atoms with Crippen LogP contribution in [0, 0.1) is 17.0 Å². The molecular weight excluding hydrogens is 256 g/mol. The third kappa shape index (κ3) is 3.92. The van der Waals surface area contributed by atoms with E-state index in [2.05, 4.69) is 19.2 Å². The number of hydrogen-bond donors (Lipinski definition) is 1. The second-order valence-corrected chi connectivity index (χ2v) is 4.95. The molecule has 0 aliphatic heterocycles. The number of hydrogen-bond acceptors (Lipinski definition) is 1. The largest absolute Gasteiger partial charge is 0.312 e. The van der Waals surface area contributed by atoms with Crippen molar-refractivity contribution < 1.29 is 8.78 Å². The third-order valence-electron chi connectivity index (χ3n) is 3.61. The Morgan fingerprint density at radius 2 is 1.89 bits per heavy atom. The van der Waals surface area contributed by atoms with E-state index in [1.54, 1.807) is 0 Å². The van der Waals surface area contributed by atoms with Crippen LogP contribution in [0.15, 0.2) is 18.2 Å². The maximum Gasteiger partial charge on any atom is 0.127 e. The summed E-state index contributed by atoms with van der Waals surface area (Å²) in [4.78, 5) is 0. The van der Waals surface area contributed by atoms with Crippen LogP contribution in [0.2, 0.25) is 0 Å². The van der Waals surface area contributed by atoms with Crippen molar-refractivity contribution in [2.24, 2.45) is 5.41 Å². The van der Waals surface area contributed by atoms with E-state index in [1.807, 2.05) is 0 Å². The van der Waals surface area contributed by atoms with Crippen LogP contribution in [0.25, 0.3) is 0 Å². The zero-order valence-electron chi connectivity index (χ0n) is 10.9. The average Bonchev–Trinajstić information content (AvgIpc) is 2.39. The van der Waals surface area contributed by atoms with Crippen LogP contribution in [0.4, 0.5) is 8.78 Å².